The number of rotatable bonds is 6. The van der Waals surface area contributed by atoms with Crippen LogP contribution in [0.25, 0.3) is 12.2 Å². The molecule has 0 unspecified atom stereocenters. The van der Waals surface area contributed by atoms with Gasteiger partial charge in [-0.25, -0.2) is 4.79 Å². The predicted octanol–water partition coefficient (Wildman–Crippen LogP) is 4.68. The highest BCUT2D eigenvalue weighted by molar-refractivity contribution is 5.87. The molecule has 0 bridgehead atoms. The van der Waals surface area contributed by atoms with Crippen LogP contribution in [-0.2, 0) is 16.1 Å². The van der Waals surface area contributed by atoms with Gasteiger partial charge in [0.15, 0.2) is 11.5 Å². The Labute approximate surface area is 165 Å². The Hall–Kier alpha value is -3.21. The van der Waals surface area contributed by atoms with E-state index in [1.165, 1.54) is 13.2 Å². The van der Waals surface area contributed by atoms with Gasteiger partial charge in [0.1, 0.15) is 5.60 Å². The molecule has 5 heteroatoms. The topological polar surface area (TPSA) is 56.8 Å². The number of fused-ring (bicyclic) bond motifs is 1. The van der Waals surface area contributed by atoms with Crippen molar-refractivity contribution in [3.05, 3.63) is 65.2 Å². The number of ether oxygens (including phenoxy) is 3. The molecule has 28 heavy (non-hydrogen) atoms. The first-order valence-corrected chi connectivity index (χ1v) is 9.10. The SMILES string of the molecule is COC(=O)/C=C/c1cccc(NCc2ccc3c(c2OC)OC(C)(C)C=C3)c1. The zero-order valence-electron chi connectivity index (χ0n) is 16.6. The number of anilines is 1. The van der Waals surface area contributed by atoms with Crippen LogP contribution in [0, 0.1) is 0 Å². The van der Waals surface area contributed by atoms with Gasteiger partial charge in [-0.15, -0.1) is 0 Å². The maximum absolute atomic E-state index is 11.3. The van der Waals surface area contributed by atoms with Crippen LogP contribution in [0.3, 0.4) is 0 Å². The number of hydrogen-bond donors (Lipinski definition) is 1. The van der Waals surface area contributed by atoms with Crippen LogP contribution in [-0.4, -0.2) is 25.8 Å². The van der Waals surface area contributed by atoms with Crippen LogP contribution in [0.1, 0.15) is 30.5 Å². The van der Waals surface area contributed by atoms with Crippen molar-refractivity contribution in [1.82, 2.24) is 0 Å². The van der Waals surface area contributed by atoms with Crippen LogP contribution in [0.2, 0.25) is 0 Å². The van der Waals surface area contributed by atoms with E-state index in [-0.39, 0.29) is 11.6 Å². The second-order valence-corrected chi connectivity index (χ2v) is 7.05. The van der Waals surface area contributed by atoms with Crippen LogP contribution in [0.15, 0.2) is 48.6 Å². The Morgan fingerprint density at radius 3 is 2.79 bits per heavy atom. The molecule has 1 N–H and O–H groups in total. The largest absolute Gasteiger partial charge is 0.492 e. The van der Waals surface area contributed by atoms with Gasteiger partial charge < -0.3 is 19.5 Å². The van der Waals surface area contributed by atoms with E-state index in [9.17, 15) is 4.79 Å². The lowest BCUT2D eigenvalue weighted by Crippen LogP contribution is -2.28. The Kier molecular flexibility index (Phi) is 5.73. The summed E-state index contributed by atoms with van der Waals surface area (Å²) in [5.41, 5.74) is 3.49. The molecule has 146 valence electrons. The van der Waals surface area contributed by atoms with Crippen LogP contribution in [0.5, 0.6) is 11.5 Å². The van der Waals surface area contributed by atoms with Crippen molar-refractivity contribution >= 4 is 23.8 Å². The van der Waals surface area contributed by atoms with Crippen molar-refractivity contribution in [3.8, 4) is 11.5 Å². The van der Waals surface area contributed by atoms with Gasteiger partial charge in [-0.1, -0.05) is 30.3 Å². The molecule has 0 atom stereocenters. The summed E-state index contributed by atoms with van der Waals surface area (Å²) >= 11 is 0. The summed E-state index contributed by atoms with van der Waals surface area (Å²) < 4.78 is 16.4. The molecule has 5 nitrogen and oxygen atoms in total. The lowest BCUT2D eigenvalue weighted by Gasteiger charge is -2.29. The van der Waals surface area contributed by atoms with Gasteiger partial charge in [0.25, 0.3) is 0 Å². The van der Waals surface area contributed by atoms with E-state index >= 15 is 0 Å². The van der Waals surface area contributed by atoms with E-state index in [1.54, 1.807) is 13.2 Å². The summed E-state index contributed by atoms with van der Waals surface area (Å²) in [5.74, 6) is 1.13. The first-order valence-electron chi connectivity index (χ1n) is 9.10. The molecule has 1 aliphatic rings. The van der Waals surface area contributed by atoms with Crippen LogP contribution < -0.4 is 14.8 Å². The highest BCUT2D eigenvalue weighted by atomic mass is 16.5. The summed E-state index contributed by atoms with van der Waals surface area (Å²) in [7, 11) is 3.02. The third-order valence-corrected chi connectivity index (χ3v) is 4.44. The molecule has 0 fully saturated rings. The van der Waals surface area contributed by atoms with Crippen molar-refractivity contribution < 1.29 is 19.0 Å². The van der Waals surface area contributed by atoms with Gasteiger partial charge >= 0.3 is 5.97 Å². The van der Waals surface area contributed by atoms with Gasteiger partial charge in [0.2, 0.25) is 0 Å². The van der Waals surface area contributed by atoms with Crippen LogP contribution in [0.4, 0.5) is 5.69 Å². The third kappa shape index (κ3) is 4.55. The molecule has 0 amide bonds. The van der Waals surface area contributed by atoms with Crippen molar-refractivity contribution in [3.63, 3.8) is 0 Å². The highest BCUT2D eigenvalue weighted by Gasteiger charge is 2.25. The molecule has 1 heterocycles. The molecule has 0 saturated heterocycles. The summed E-state index contributed by atoms with van der Waals surface area (Å²) in [6.07, 6.45) is 7.23. The molecule has 0 aliphatic carbocycles. The van der Waals surface area contributed by atoms with E-state index in [2.05, 4.69) is 16.1 Å². The smallest absolute Gasteiger partial charge is 0.330 e. The Balaban J connectivity index is 1.78. The Bertz CT molecular complexity index is 928. The van der Waals surface area contributed by atoms with Gasteiger partial charge in [0, 0.05) is 29.4 Å². The second kappa shape index (κ2) is 8.21. The fraction of sp³-hybridized carbons (Fsp3) is 0.261. The lowest BCUT2D eigenvalue weighted by atomic mass is 10.00. The number of carbonyl (C=O) groups is 1. The van der Waals surface area contributed by atoms with E-state index in [0.29, 0.717) is 6.54 Å². The average molecular weight is 379 g/mol. The molecular weight excluding hydrogens is 354 g/mol. The zero-order valence-corrected chi connectivity index (χ0v) is 16.6. The van der Waals surface area contributed by atoms with Crippen molar-refractivity contribution in [2.45, 2.75) is 26.0 Å². The molecular formula is C23H25NO4. The number of esters is 1. The fourth-order valence-corrected chi connectivity index (χ4v) is 2.99. The van der Waals surface area contributed by atoms with Gasteiger partial charge in [-0.2, -0.15) is 0 Å². The number of nitrogens with one attached hydrogen (secondary N) is 1. The normalized spacial score (nSPS) is 14.3. The van der Waals surface area contributed by atoms with Crippen molar-refractivity contribution in [1.29, 1.82) is 0 Å². The monoisotopic (exact) mass is 379 g/mol. The van der Waals surface area contributed by atoms with Crippen molar-refractivity contribution in [2.24, 2.45) is 0 Å². The number of methoxy groups -OCH3 is 2. The van der Waals surface area contributed by atoms with Gasteiger partial charge in [0.05, 0.1) is 14.2 Å². The van der Waals surface area contributed by atoms with E-state index in [4.69, 9.17) is 9.47 Å². The molecule has 0 aromatic heterocycles. The predicted molar refractivity (Wildman–Crippen MR) is 112 cm³/mol. The first kappa shape index (κ1) is 19.5. The second-order valence-electron chi connectivity index (χ2n) is 7.05. The Morgan fingerprint density at radius 1 is 1.21 bits per heavy atom. The van der Waals surface area contributed by atoms with Gasteiger partial charge in [-0.3, -0.25) is 0 Å². The number of benzene rings is 2. The maximum atomic E-state index is 11.3. The molecule has 0 radical (unpaired) electrons. The molecule has 2 aromatic carbocycles. The first-order chi connectivity index (χ1) is 13.4. The summed E-state index contributed by atoms with van der Waals surface area (Å²) in [4.78, 5) is 11.3. The minimum absolute atomic E-state index is 0.368. The van der Waals surface area contributed by atoms with Crippen LogP contribution >= 0.6 is 0 Å². The minimum atomic E-state index is -0.380. The number of hydrogen-bond acceptors (Lipinski definition) is 5. The standard InChI is InChI=1S/C23H25NO4/c1-23(2)13-12-17-9-10-18(21(27-4)22(17)28-23)15-24-19-7-5-6-16(14-19)8-11-20(25)26-3/h5-14,24H,15H2,1-4H3/b11-8+. The van der Waals surface area contributed by atoms with E-state index in [1.807, 2.05) is 56.3 Å². The summed E-state index contributed by atoms with van der Waals surface area (Å²) in [6, 6.07) is 11.9. The molecule has 0 saturated carbocycles. The molecule has 0 spiro atoms. The summed E-state index contributed by atoms with van der Waals surface area (Å²) in [5, 5.41) is 3.40. The lowest BCUT2D eigenvalue weighted by molar-refractivity contribution is -0.134. The average Bonchev–Trinajstić information content (AvgIpc) is 2.69. The third-order valence-electron chi connectivity index (χ3n) is 4.44. The van der Waals surface area contributed by atoms with E-state index < -0.39 is 0 Å². The zero-order chi connectivity index (χ0) is 20.1. The van der Waals surface area contributed by atoms with Gasteiger partial charge in [-0.05, 0) is 43.7 Å². The molecule has 3 rings (SSSR count). The fourth-order valence-electron chi connectivity index (χ4n) is 2.99. The molecule has 1 aliphatic heterocycles. The quantitative estimate of drug-likeness (QED) is 0.583. The maximum Gasteiger partial charge on any atom is 0.330 e. The minimum Gasteiger partial charge on any atom is -0.492 e. The van der Waals surface area contributed by atoms with E-state index in [0.717, 1.165) is 33.9 Å². The Morgan fingerprint density at radius 2 is 2.04 bits per heavy atom. The highest BCUT2D eigenvalue weighted by Crippen LogP contribution is 2.41. The molecule has 2 aromatic rings. The summed E-state index contributed by atoms with van der Waals surface area (Å²) in [6.45, 7) is 4.61. The number of carbonyl (C=O) groups excluding carboxylic acids is 1. The van der Waals surface area contributed by atoms with Crippen molar-refractivity contribution in [2.75, 3.05) is 19.5 Å².